The lowest BCUT2D eigenvalue weighted by Gasteiger charge is -2.51. The van der Waals surface area contributed by atoms with E-state index in [1.165, 1.54) is 13.8 Å². The first kappa shape index (κ1) is 14.7. The van der Waals surface area contributed by atoms with Crippen LogP contribution in [0.25, 0.3) is 0 Å². The lowest BCUT2D eigenvalue weighted by molar-refractivity contribution is -0.290. The Morgan fingerprint density at radius 3 is 2.17 bits per heavy atom. The summed E-state index contributed by atoms with van der Waals surface area (Å²) in [5.41, 5.74) is -0.554. The molecule has 0 bridgehead atoms. The number of carbonyl (C=O) groups excluding carboxylic acids is 2. The van der Waals surface area contributed by atoms with E-state index in [1.54, 1.807) is 6.08 Å². The fraction of sp³-hybridized carbons (Fsp3) is 0.714. The molecule has 18 heavy (non-hydrogen) atoms. The summed E-state index contributed by atoms with van der Waals surface area (Å²) >= 11 is 0. The smallest absolute Gasteiger partial charge is 0.305 e. The molecule has 4 heteroatoms. The molecule has 1 aliphatic carbocycles. The van der Waals surface area contributed by atoms with Crippen molar-refractivity contribution in [3.8, 4) is 0 Å². The molecule has 1 saturated carbocycles. The first-order valence-electron chi connectivity index (χ1n) is 6.30. The Morgan fingerprint density at radius 1 is 1.28 bits per heavy atom. The van der Waals surface area contributed by atoms with Crippen LogP contribution in [0.15, 0.2) is 12.7 Å². The van der Waals surface area contributed by atoms with Crippen molar-refractivity contribution in [3.05, 3.63) is 12.7 Å². The summed E-state index contributed by atoms with van der Waals surface area (Å²) in [6.07, 6.45) is 4.36. The van der Waals surface area contributed by atoms with Gasteiger partial charge in [0.25, 0.3) is 5.79 Å². The molecule has 0 spiro atoms. The topological polar surface area (TPSA) is 52.6 Å². The van der Waals surface area contributed by atoms with Crippen molar-refractivity contribution in [1.82, 2.24) is 0 Å². The SMILES string of the molecule is C=C[C@@]1(C)CCC[C@@H](C)C1(OC(C)=O)OC(C)=O. The third-order valence-electron chi connectivity index (χ3n) is 3.82. The normalized spacial score (nSPS) is 30.3. The molecule has 1 fully saturated rings. The molecule has 0 N–H and O–H groups in total. The highest BCUT2D eigenvalue weighted by Crippen LogP contribution is 2.51. The number of ether oxygens (including phenoxy) is 2. The van der Waals surface area contributed by atoms with Gasteiger partial charge in [-0.25, -0.2) is 0 Å². The highest BCUT2D eigenvalue weighted by Gasteiger charge is 2.58. The quantitative estimate of drug-likeness (QED) is 0.441. The van der Waals surface area contributed by atoms with E-state index in [0.29, 0.717) is 0 Å². The minimum absolute atomic E-state index is 0.0537. The van der Waals surface area contributed by atoms with Crippen LogP contribution in [0.2, 0.25) is 0 Å². The van der Waals surface area contributed by atoms with Crippen LogP contribution in [0.5, 0.6) is 0 Å². The molecule has 0 aliphatic heterocycles. The summed E-state index contributed by atoms with van der Waals surface area (Å²) in [6.45, 7) is 10.3. The molecule has 0 aromatic carbocycles. The Bertz CT molecular complexity index is 345. The summed E-state index contributed by atoms with van der Waals surface area (Å²) < 4.78 is 10.9. The molecule has 0 amide bonds. The molecule has 4 nitrogen and oxygen atoms in total. The van der Waals surface area contributed by atoms with Gasteiger partial charge in [0, 0.05) is 19.8 Å². The molecule has 1 aliphatic rings. The predicted octanol–water partition coefficient (Wildman–Crippen LogP) is 2.82. The van der Waals surface area contributed by atoms with Crippen molar-refractivity contribution < 1.29 is 19.1 Å². The van der Waals surface area contributed by atoms with Crippen molar-refractivity contribution in [3.63, 3.8) is 0 Å². The molecule has 2 atom stereocenters. The van der Waals surface area contributed by atoms with Gasteiger partial charge in [-0.05, 0) is 19.8 Å². The van der Waals surface area contributed by atoms with Gasteiger partial charge in [-0.1, -0.05) is 19.4 Å². The van der Waals surface area contributed by atoms with Gasteiger partial charge in [-0.2, -0.15) is 0 Å². The van der Waals surface area contributed by atoms with E-state index >= 15 is 0 Å². The second-order valence-electron chi connectivity index (χ2n) is 5.27. The van der Waals surface area contributed by atoms with Crippen LogP contribution in [0.1, 0.15) is 47.0 Å². The van der Waals surface area contributed by atoms with Gasteiger partial charge >= 0.3 is 11.9 Å². The third kappa shape index (κ3) is 2.42. The maximum atomic E-state index is 11.4. The summed E-state index contributed by atoms with van der Waals surface area (Å²) in [5.74, 6) is -2.18. The Hall–Kier alpha value is -1.32. The number of hydrogen-bond donors (Lipinski definition) is 0. The molecule has 0 aromatic rings. The molecule has 0 radical (unpaired) electrons. The van der Waals surface area contributed by atoms with Crippen LogP contribution < -0.4 is 0 Å². The zero-order chi connectivity index (χ0) is 14.0. The van der Waals surface area contributed by atoms with Crippen LogP contribution in [-0.2, 0) is 19.1 Å². The van der Waals surface area contributed by atoms with Crippen LogP contribution in [0.3, 0.4) is 0 Å². The second-order valence-corrected chi connectivity index (χ2v) is 5.27. The lowest BCUT2D eigenvalue weighted by atomic mass is 9.66. The van der Waals surface area contributed by atoms with Gasteiger partial charge in [-0.3, -0.25) is 9.59 Å². The maximum Gasteiger partial charge on any atom is 0.305 e. The van der Waals surface area contributed by atoms with Gasteiger partial charge in [0.2, 0.25) is 0 Å². The summed E-state index contributed by atoms with van der Waals surface area (Å²) in [5, 5.41) is 0. The van der Waals surface area contributed by atoms with Gasteiger partial charge in [0.15, 0.2) is 0 Å². The molecule has 102 valence electrons. The zero-order valence-electron chi connectivity index (χ0n) is 11.6. The Balaban J connectivity index is 3.26. The zero-order valence-corrected chi connectivity index (χ0v) is 11.6. The maximum absolute atomic E-state index is 11.4. The average Bonchev–Trinajstić information content (AvgIpc) is 2.24. The molecular formula is C14H22O4. The largest absolute Gasteiger partial charge is 0.421 e. The fourth-order valence-electron chi connectivity index (χ4n) is 2.83. The lowest BCUT2D eigenvalue weighted by Crippen LogP contribution is -2.58. The van der Waals surface area contributed by atoms with Gasteiger partial charge in [0.1, 0.15) is 0 Å². The van der Waals surface area contributed by atoms with Gasteiger partial charge in [-0.15, -0.1) is 6.58 Å². The van der Waals surface area contributed by atoms with E-state index in [0.717, 1.165) is 19.3 Å². The van der Waals surface area contributed by atoms with Crippen LogP contribution >= 0.6 is 0 Å². The van der Waals surface area contributed by atoms with Gasteiger partial charge < -0.3 is 9.47 Å². The Morgan fingerprint density at radius 2 is 1.78 bits per heavy atom. The number of rotatable bonds is 3. The number of carbonyl (C=O) groups is 2. The molecular weight excluding hydrogens is 232 g/mol. The number of esters is 2. The van der Waals surface area contributed by atoms with Crippen LogP contribution in [-0.4, -0.2) is 17.7 Å². The van der Waals surface area contributed by atoms with E-state index in [9.17, 15) is 9.59 Å². The minimum atomic E-state index is -1.23. The first-order valence-corrected chi connectivity index (χ1v) is 6.30. The van der Waals surface area contributed by atoms with Crippen LogP contribution in [0.4, 0.5) is 0 Å². The minimum Gasteiger partial charge on any atom is -0.421 e. The monoisotopic (exact) mass is 254 g/mol. The highest BCUT2D eigenvalue weighted by molar-refractivity contribution is 5.69. The fourth-order valence-corrected chi connectivity index (χ4v) is 2.83. The van der Waals surface area contributed by atoms with Crippen molar-refractivity contribution in [2.45, 2.75) is 52.7 Å². The van der Waals surface area contributed by atoms with Gasteiger partial charge in [0.05, 0.1) is 5.41 Å². The van der Waals surface area contributed by atoms with E-state index in [1.807, 2.05) is 13.8 Å². The second kappa shape index (κ2) is 5.12. The van der Waals surface area contributed by atoms with E-state index in [-0.39, 0.29) is 5.92 Å². The van der Waals surface area contributed by atoms with E-state index in [4.69, 9.17) is 9.47 Å². The van der Waals surface area contributed by atoms with Crippen LogP contribution in [0, 0.1) is 11.3 Å². The number of hydrogen-bond acceptors (Lipinski definition) is 4. The first-order chi connectivity index (χ1) is 8.27. The summed E-state index contributed by atoms with van der Waals surface area (Å²) in [7, 11) is 0. The molecule has 0 unspecified atom stereocenters. The van der Waals surface area contributed by atoms with E-state index in [2.05, 4.69) is 6.58 Å². The molecule has 0 saturated heterocycles. The Labute approximate surface area is 108 Å². The van der Waals surface area contributed by atoms with Crippen molar-refractivity contribution in [1.29, 1.82) is 0 Å². The van der Waals surface area contributed by atoms with Crippen molar-refractivity contribution >= 4 is 11.9 Å². The Kier molecular flexibility index (Phi) is 4.20. The van der Waals surface area contributed by atoms with Crippen molar-refractivity contribution in [2.24, 2.45) is 11.3 Å². The van der Waals surface area contributed by atoms with Crippen molar-refractivity contribution in [2.75, 3.05) is 0 Å². The summed E-state index contributed by atoms with van der Waals surface area (Å²) in [6, 6.07) is 0. The molecule has 1 rings (SSSR count). The molecule has 0 aromatic heterocycles. The molecule has 0 heterocycles. The average molecular weight is 254 g/mol. The van der Waals surface area contributed by atoms with E-state index < -0.39 is 23.1 Å². The third-order valence-corrected chi connectivity index (χ3v) is 3.82. The highest BCUT2D eigenvalue weighted by atomic mass is 16.7. The predicted molar refractivity (Wildman–Crippen MR) is 67.6 cm³/mol. The summed E-state index contributed by atoms with van der Waals surface area (Å²) in [4.78, 5) is 22.8. The standard InChI is InChI=1S/C14H22O4/c1-6-13(5)9-7-8-10(2)14(13,17-11(3)15)18-12(4)16/h6,10H,1,7-9H2,2-5H3/t10-,13+/m1/s1.